The van der Waals surface area contributed by atoms with Gasteiger partial charge in [-0.25, -0.2) is 4.79 Å². The maximum Gasteiger partial charge on any atom is 0.331 e. The van der Waals surface area contributed by atoms with E-state index in [9.17, 15) is 18.9 Å². The molecule has 8 nitrogen and oxygen atoms in total. The van der Waals surface area contributed by atoms with Crippen molar-refractivity contribution in [1.82, 2.24) is 9.88 Å². The topological polar surface area (TPSA) is 106 Å². The quantitative estimate of drug-likeness (QED) is 0.109. The van der Waals surface area contributed by atoms with Crippen LogP contribution in [-0.2, 0) is 23.9 Å². The van der Waals surface area contributed by atoms with E-state index in [1.807, 2.05) is 66.7 Å². The van der Waals surface area contributed by atoms with E-state index in [4.69, 9.17) is 21.1 Å². The summed E-state index contributed by atoms with van der Waals surface area (Å²) in [6, 6.07) is 21.9. The van der Waals surface area contributed by atoms with Gasteiger partial charge in [-0.2, -0.15) is 0 Å². The van der Waals surface area contributed by atoms with E-state index < -0.39 is 53.3 Å². The molecule has 1 aromatic heterocycles. The van der Waals surface area contributed by atoms with Crippen molar-refractivity contribution in [3.63, 3.8) is 0 Å². The highest BCUT2D eigenvalue weighted by atomic mass is 35.5. The molecule has 40 heavy (non-hydrogen) atoms. The van der Waals surface area contributed by atoms with Gasteiger partial charge in [0.1, 0.15) is 17.2 Å². The van der Waals surface area contributed by atoms with E-state index in [1.165, 1.54) is 11.8 Å². The first-order chi connectivity index (χ1) is 19.3. The van der Waals surface area contributed by atoms with Crippen molar-refractivity contribution in [2.45, 2.75) is 36.8 Å². The molecule has 0 unspecified atom stereocenters. The molecule has 0 saturated carbocycles. The van der Waals surface area contributed by atoms with Crippen LogP contribution in [-0.4, -0.2) is 61.6 Å². The van der Waals surface area contributed by atoms with Crippen LogP contribution < -0.4 is 0 Å². The molecule has 0 bridgehead atoms. The van der Waals surface area contributed by atoms with Crippen molar-refractivity contribution in [3.05, 3.63) is 107 Å². The number of carbonyl (C=O) groups excluding carboxylic acids is 3. The maximum atomic E-state index is 14.1. The van der Waals surface area contributed by atoms with Gasteiger partial charge in [0, 0.05) is 23.8 Å². The highest BCUT2D eigenvalue weighted by Crippen LogP contribution is 2.40. The van der Waals surface area contributed by atoms with Crippen molar-refractivity contribution in [3.8, 4) is 0 Å². The minimum atomic E-state index is -1.48. The molecular weight excluding hydrogens is 552 g/mol. The minimum absolute atomic E-state index is 0.320. The predicted molar refractivity (Wildman–Crippen MR) is 153 cm³/mol. The van der Waals surface area contributed by atoms with Crippen LogP contribution in [0.5, 0.6) is 0 Å². The maximum absolute atomic E-state index is 14.1. The number of carbonyl (C=O) groups is 3. The van der Waals surface area contributed by atoms with Crippen molar-refractivity contribution >= 4 is 47.6 Å². The number of likely N-dealkylation sites (tertiary alicyclic amines) is 1. The smallest absolute Gasteiger partial charge is 0.331 e. The molecular formula is C30H29ClN2O6S. The molecule has 0 spiro atoms. The number of β-lactam (4-membered cyclic amide) rings is 1. The number of hydrogen-bond acceptors (Lipinski definition) is 8. The summed E-state index contributed by atoms with van der Waals surface area (Å²) in [6.07, 6.45) is 2.50. The van der Waals surface area contributed by atoms with Crippen LogP contribution >= 0.6 is 23.6 Å². The van der Waals surface area contributed by atoms with E-state index in [-0.39, 0.29) is 0 Å². The molecule has 2 heterocycles. The zero-order valence-electron chi connectivity index (χ0n) is 22.0. The zero-order valence-corrected chi connectivity index (χ0v) is 23.5. The lowest BCUT2D eigenvalue weighted by molar-refractivity contribution is -0.166. The Morgan fingerprint density at radius 3 is 2.17 bits per heavy atom. The van der Waals surface area contributed by atoms with Crippen LogP contribution in [0, 0.1) is 0 Å². The third-order valence-electron chi connectivity index (χ3n) is 6.70. The number of alkyl halides is 1. The Labute approximate surface area is 242 Å². The largest absolute Gasteiger partial charge is 0.463 e. The SMILES string of the molecule is C[C@@H]1/C(=C\c2ccccn2)C(=O)N1[C@@H](C(=O)OC(c1ccccc1)c1ccccc1)[C@](C)(COC(=O)CCl)SO. The molecule has 1 aliphatic rings. The summed E-state index contributed by atoms with van der Waals surface area (Å²) in [7, 11) is 0. The normalized spacial score (nSPS) is 18.1. The minimum Gasteiger partial charge on any atom is -0.463 e. The zero-order chi connectivity index (χ0) is 28.7. The van der Waals surface area contributed by atoms with Crippen molar-refractivity contribution in [1.29, 1.82) is 0 Å². The molecule has 0 aliphatic carbocycles. The van der Waals surface area contributed by atoms with Gasteiger partial charge in [0.15, 0.2) is 12.1 Å². The number of nitrogens with zero attached hydrogens (tertiary/aromatic N) is 2. The number of ether oxygens (including phenoxy) is 2. The molecule has 1 aliphatic heterocycles. The summed E-state index contributed by atoms with van der Waals surface area (Å²) in [5.41, 5.74) is 2.50. The highest BCUT2D eigenvalue weighted by molar-refractivity contribution is 7.95. The second-order valence-corrected chi connectivity index (χ2v) is 10.9. The van der Waals surface area contributed by atoms with Gasteiger partial charge in [-0.3, -0.25) is 14.6 Å². The lowest BCUT2D eigenvalue weighted by atomic mass is 9.87. The molecule has 4 rings (SSSR count). The molecule has 2 aromatic carbocycles. The number of benzene rings is 2. The Hall–Kier alpha value is -3.66. The average Bonchev–Trinajstić information content (AvgIpc) is 3.01. The number of halogens is 1. The standard InChI is InChI=1S/C30H29ClN2O6S/c1-20-24(17-23-15-9-10-16-32-23)28(35)33(20)27(30(2,40-37)19-38-25(34)18-31)29(36)39-26(21-11-5-3-6-12-21)22-13-7-4-8-14-22/h3-17,20,26-27,37H,18-19H2,1-2H3/b24-17+/t20-,27+,30+/m1/s1. The second-order valence-electron chi connectivity index (χ2n) is 9.48. The third kappa shape index (κ3) is 6.38. The van der Waals surface area contributed by atoms with Crippen LogP contribution in [0.3, 0.4) is 0 Å². The van der Waals surface area contributed by atoms with Crippen LogP contribution in [0.15, 0.2) is 90.6 Å². The molecule has 1 fully saturated rings. The highest BCUT2D eigenvalue weighted by Gasteiger charge is 2.55. The van der Waals surface area contributed by atoms with E-state index >= 15 is 0 Å². The number of pyridine rings is 1. The monoisotopic (exact) mass is 580 g/mol. The molecule has 3 atom stereocenters. The van der Waals surface area contributed by atoms with Crippen LogP contribution in [0.25, 0.3) is 6.08 Å². The fourth-order valence-corrected chi connectivity index (χ4v) is 5.07. The molecule has 1 saturated heterocycles. The first-order valence-corrected chi connectivity index (χ1v) is 13.9. The Bertz CT molecular complexity index is 1320. The Kier molecular flexibility index (Phi) is 9.63. The Balaban J connectivity index is 1.71. The predicted octanol–water partition coefficient (Wildman–Crippen LogP) is 5.14. The number of hydrogen-bond donors (Lipinski definition) is 1. The number of esters is 2. The van der Waals surface area contributed by atoms with Crippen LogP contribution in [0.2, 0.25) is 0 Å². The Morgan fingerprint density at radius 1 is 1.07 bits per heavy atom. The lowest BCUT2D eigenvalue weighted by Crippen LogP contribution is -2.67. The van der Waals surface area contributed by atoms with Gasteiger partial charge in [-0.15, -0.1) is 11.6 Å². The van der Waals surface area contributed by atoms with E-state index in [0.29, 0.717) is 23.3 Å². The van der Waals surface area contributed by atoms with Gasteiger partial charge in [0.25, 0.3) is 5.91 Å². The lowest BCUT2D eigenvalue weighted by Gasteiger charge is -2.49. The number of aromatic nitrogens is 1. The van der Waals surface area contributed by atoms with Gasteiger partial charge < -0.3 is 18.9 Å². The number of amides is 1. The summed E-state index contributed by atoms with van der Waals surface area (Å²) in [4.78, 5) is 45.1. The van der Waals surface area contributed by atoms with E-state index in [1.54, 1.807) is 31.3 Å². The molecule has 10 heteroatoms. The Morgan fingerprint density at radius 2 is 1.68 bits per heavy atom. The first-order valence-electron chi connectivity index (χ1n) is 12.6. The third-order valence-corrected chi connectivity index (χ3v) is 7.67. The summed E-state index contributed by atoms with van der Waals surface area (Å²) in [5, 5.41) is 0. The molecule has 1 N–H and O–H groups in total. The van der Waals surface area contributed by atoms with Gasteiger partial charge >= 0.3 is 11.9 Å². The van der Waals surface area contributed by atoms with Gasteiger partial charge in [0.05, 0.1) is 11.7 Å². The second kappa shape index (κ2) is 13.1. The fraction of sp³-hybridized carbons (Fsp3) is 0.267. The van der Waals surface area contributed by atoms with Crippen LogP contribution in [0.4, 0.5) is 0 Å². The van der Waals surface area contributed by atoms with E-state index in [2.05, 4.69) is 4.98 Å². The molecule has 0 radical (unpaired) electrons. The first kappa shape index (κ1) is 29.3. The van der Waals surface area contributed by atoms with Gasteiger partial charge in [-0.05, 0) is 43.2 Å². The van der Waals surface area contributed by atoms with Crippen molar-refractivity contribution in [2.24, 2.45) is 0 Å². The summed E-state index contributed by atoms with van der Waals surface area (Å²) in [6.45, 7) is 2.91. The van der Waals surface area contributed by atoms with Crippen molar-refractivity contribution < 1.29 is 28.4 Å². The van der Waals surface area contributed by atoms with Crippen LogP contribution in [0.1, 0.15) is 36.8 Å². The van der Waals surface area contributed by atoms with Crippen molar-refractivity contribution in [2.75, 3.05) is 12.5 Å². The molecule has 3 aromatic rings. The van der Waals surface area contributed by atoms with Gasteiger partial charge in [0.2, 0.25) is 0 Å². The number of rotatable bonds is 11. The van der Waals surface area contributed by atoms with E-state index in [0.717, 1.165) is 11.1 Å². The summed E-state index contributed by atoms with van der Waals surface area (Å²) < 4.78 is 20.3. The summed E-state index contributed by atoms with van der Waals surface area (Å²) in [5.74, 6) is -2.30. The fourth-order valence-electron chi connectivity index (χ4n) is 4.57. The average molecular weight is 581 g/mol. The molecule has 1 amide bonds. The summed E-state index contributed by atoms with van der Waals surface area (Å²) >= 11 is 5.92. The molecule has 208 valence electrons. The van der Waals surface area contributed by atoms with Gasteiger partial charge in [-0.1, -0.05) is 66.7 Å².